The summed E-state index contributed by atoms with van der Waals surface area (Å²) >= 11 is 0. The molecule has 1 saturated heterocycles. The number of nitrogens with zero attached hydrogens (tertiary/aromatic N) is 2. The Morgan fingerprint density at radius 1 is 1.14 bits per heavy atom. The average molecular weight is 192 g/mol. The lowest BCUT2D eigenvalue weighted by molar-refractivity contribution is -0.144. The lowest BCUT2D eigenvalue weighted by Gasteiger charge is -2.39. The zero-order chi connectivity index (χ0) is 10.0. The minimum absolute atomic E-state index is 0.103. The molecular weight excluding hydrogens is 176 g/mol. The first-order valence-corrected chi connectivity index (χ1v) is 5.49. The first kappa shape index (κ1) is 9.51. The third-order valence-electron chi connectivity index (χ3n) is 3.47. The highest BCUT2D eigenvalue weighted by molar-refractivity contribution is 5.86. The molecule has 1 amide bonds. The highest BCUT2D eigenvalue weighted by Crippen LogP contribution is 2.38. The molecule has 0 aromatic heterocycles. The highest BCUT2D eigenvalue weighted by Gasteiger charge is 2.43. The second-order valence-corrected chi connectivity index (χ2v) is 4.40. The number of hydrogen-bond donors (Lipinski definition) is 0. The number of amides is 1. The Balaban J connectivity index is 2.10. The van der Waals surface area contributed by atoms with Crippen LogP contribution in [0.1, 0.15) is 38.5 Å². The SMILES string of the molecule is N#CC1(C(=O)N2CCC2)CCCCC1. The van der Waals surface area contributed by atoms with Crippen molar-refractivity contribution >= 4 is 5.91 Å². The van der Waals surface area contributed by atoms with Crippen molar-refractivity contribution < 1.29 is 4.79 Å². The summed E-state index contributed by atoms with van der Waals surface area (Å²) in [5.41, 5.74) is -0.654. The van der Waals surface area contributed by atoms with E-state index in [1.54, 1.807) is 0 Å². The fraction of sp³-hybridized carbons (Fsp3) is 0.818. The fourth-order valence-electron chi connectivity index (χ4n) is 2.35. The van der Waals surface area contributed by atoms with Gasteiger partial charge in [-0.2, -0.15) is 5.26 Å². The van der Waals surface area contributed by atoms with E-state index in [1.807, 2.05) is 4.90 Å². The number of carbonyl (C=O) groups excluding carboxylic acids is 1. The highest BCUT2D eigenvalue weighted by atomic mass is 16.2. The van der Waals surface area contributed by atoms with Crippen molar-refractivity contribution in [3.8, 4) is 6.07 Å². The Morgan fingerprint density at radius 2 is 1.79 bits per heavy atom. The van der Waals surface area contributed by atoms with Gasteiger partial charge in [-0.25, -0.2) is 0 Å². The predicted octanol–water partition coefficient (Wildman–Crippen LogP) is 1.69. The van der Waals surface area contributed by atoms with Gasteiger partial charge in [0.25, 0.3) is 0 Å². The zero-order valence-corrected chi connectivity index (χ0v) is 8.46. The molecule has 2 fully saturated rings. The molecule has 0 radical (unpaired) electrons. The summed E-state index contributed by atoms with van der Waals surface area (Å²) in [6, 6.07) is 2.28. The molecule has 76 valence electrons. The quantitative estimate of drug-likeness (QED) is 0.634. The molecule has 1 saturated carbocycles. The van der Waals surface area contributed by atoms with Gasteiger partial charge in [0, 0.05) is 13.1 Å². The molecule has 0 bridgehead atoms. The fourth-order valence-corrected chi connectivity index (χ4v) is 2.35. The van der Waals surface area contributed by atoms with E-state index in [2.05, 4.69) is 6.07 Å². The average Bonchev–Trinajstić information content (AvgIpc) is 2.16. The molecule has 0 N–H and O–H groups in total. The molecule has 0 aromatic carbocycles. The van der Waals surface area contributed by atoms with Crippen molar-refractivity contribution in [2.24, 2.45) is 5.41 Å². The Morgan fingerprint density at radius 3 is 2.21 bits per heavy atom. The van der Waals surface area contributed by atoms with Crippen LogP contribution in [0, 0.1) is 16.7 Å². The number of rotatable bonds is 1. The molecule has 2 rings (SSSR count). The van der Waals surface area contributed by atoms with Gasteiger partial charge >= 0.3 is 0 Å². The molecule has 14 heavy (non-hydrogen) atoms. The van der Waals surface area contributed by atoms with Gasteiger partial charge in [-0.05, 0) is 19.3 Å². The molecule has 1 aliphatic heterocycles. The first-order chi connectivity index (χ1) is 6.78. The van der Waals surface area contributed by atoms with Gasteiger partial charge in [0.1, 0.15) is 5.41 Å². The van der Waals surface area contributed by atoms with Crippen molar-refractivity contribution in [2.45, 2.75) is 38.5 Å². The van der Waals surface area contributed by atoms with Crippen LogP contribution in [-0.2, 0) is 4.79 Å². The Labute approximate surface area is 84.7 Å². The zero-order valence-electron chi connectivity index (χ0n) is 8.46. The largest absolute Gasteiger partial charge is 0.341 e. The van der Waals surface area contributed by atoms with Crippen LogP contribution in [0.2, 0.25) is 0 Å². The topological polar surface area (TPSA) is 44.1 Å². The molecule has 0 aromatic rings. The molecule has 0 spiro atoms. The smallest absolute Gasteiger partial charge is 0.243 e. The molecule has 1 heterocycles. The van der Waals surface area contributed by atoms with Crippen LogP contribution in [0.4, 0.5) is 0 Å². The number of nitriles is 1. The van der Waals surface area contributed by atoms with Crippen molar-refractivity contribution in [1.82, 2.24) is 4.90 Å². The van der Waals surface area contributed by atoms with Crippen LogP contribution in [0.25, 0.3) is 0 Å². The molecule has 0 unspecified atom stereocenters. The maximum Gasteiger partial charge on any atom is 0.243 e. The molecule has 3 nitrogen and oxygen atoms in total. The maximum atomic E-state index is 12.0. The standard InChI is InChI=1S/C11H16N2O/c12-9-11(5-2-1-3-6-11)10(14)13-7-4-8-13/h1-8H2. The minimum atomic E-state index is -0.654. The van der Waals surface area contributed by atoms with E-state index in [9.17, 15) is 10.1 Å². The second-order valence-electron chi connectivity index (χ2n) is 4.40. The molecule has 2 aliphatic rings. The summed E-state index contributed by atoms with van der Waals surface area (Å²) in [6.07, 6.45) is 5.90. The van der Waals surface area contributed by atoms with Gasteiger partial charge in [0.15, 0.2) is 0 Å². The Bertz CT molecular complexity index is 270. The van der Waals surface area contributed by atoms with Crippen molar-refractivity contribution in [2.75, 3.05) is 13.1 Å². The van der Waals surface area contributed by atoms with Crippen molar-refractivity contribution in [3.63, 3.8) is 0 Å². The van der Waals surface area contributed by atoms with Crippen LogP contribution < -0.4 is 0 Å². The van der Waals surface area contributed by atoms with E-state index in [1.165, 1.54) is 6.42 Å². The van der Waals surface area contributed by atoms with Gasteiger partial charge in [0.05, 0.1) is 6.07 Å². The number of hydrogen-bond acceptors (Lipinski definition) is 2. The molecule has 3 heteroatoms. The van der Waals surface area contributed by atoms with E-state index in [0.29, 0.717) is 0 Å². The second kappa shape index (κ2) is 3.61. The van der Waals surface area contributed by atoms with E-state index < -0.39 is 5.41 Å². The van der Waals surface area contributed by atoms with E-state index in [-0.39, 0.29) is 5.91 Å². The third-order valence-corrected chi connectivity index (χ3v) is 3.47. The van der Waals surface area contributed by atoms with Crippen molar-refractivity contribution in [3.05, 3.63) is 0 Å². The summed E-state index contributed by atoms with van der Waals surface area (Å²) in [6.45, 7) is 1.73. The Hall–Kier alpha value is -1.04. The van der Waals surface area contributed by atoms with Crippen LogP contribution in [-0.4, -0.2) is 23.9 Å². The lowest BCUT2D eigenvalue weighted by Crippen LogP contribution is -2.50. The normalized spacial score (nSPS) is 24.9. The van der Waals surface area contributed by atoms with Gasteiger partial charge in [-0.15, -0.1) is 0 Å². The molecule has 0 atom stereocenters. The van der Waals surface area contributed by atoms with Gasteiger partial charge in [-0.1, -0.05) is 19.3 Å². The maximum absolute atomic E-state index is 12.0. The third kappa shape index (κ3) is 1.39. The monoisotopic (exact) mass is 192 g/mol. The predicted molar refractivity (Wildman–Crippen MR) is 52.3 cm³/mol. The first-order valence-electron chi connectivity index (χ1n) is 5.49. The van der Waals surface area contributed by atoms with E-state index in [4.69, 9.17) is 0 Å². The summed E-state index contributed by atoms with van der Waals surface area (Å²) in [5.74, 6) is 0.103. The van der Waals surface area contributed by atoms with Crippen LogP contribution in [0.3, 0.4) is 0 Å². The summed E-state index contributed by atoms with van der Waals surface area (Å²) in [7, 11) is 0. The van der Waals surface area contributed by atoms with Crippen LogP contribution in [0.15, 0.2) is 0 Å². The Kier molecular flexibility index (Phi) is 2.45. The van der Waals surface area contributed by atoms with Gasteiger partial charge in [0.2, 0.25) is 5.91 Å². The summed E-state index contributed by atoms with van der Waals surface area (Å²) in [4.78, 5) is 13.9. The summed E-state index contributed by atoms with van der Waals surface area (Å²) < 4.78 is 0. The number of carbonyl (C=O) groups is 1. The van der Waals surface area contributed by atoms with Crippen LogP contribution >= 0.6 is 0 Å². The number of likely N-dealkylation sites (tertiary alicyclic amines) is 1. The van der Waals surface area contributed by atoms with Crippen molar-refractivity contribution in [1.29, 1.82) is 5.26 Å². The molecular formula is C11H16N2O. The van der Waals surface area contributed by atoms with Gasteiger partial charge in [-0.3, -0.25) is 4.79 Å². The molecule has 1 aliphatic carbocycles. The minimum Gasteiger partial charge on any atom is -0.341 e. The van der Waals surface area contributed by atoms with E-state index in [0.717, 1.165) is 45.2 Å². The van der Waals surface area contributed by atoms with Gasteiger partial charge < -0.3 is 4.90 Å². The van der Waals surface area contributed by atoms with E-state index >= 15 is 0 Å². The summed E-state index contributed by atoms with van der Waals surface area (Å²) in [5, 5.41) is 9.18. The van der Waals surface area contributed by atoms with Crippen LogP contribution in [0.5, 0.6) is 0 Å². The lowest BCUT2D eigenvalue weighted by atomic mass is 9.74.